The Labute approximate surface area is 175 Å². The molecule has 2 aromatic rings. The second-order valence-corrected chi connectivity index (χ2v) is 8.45. The van der Waals surface area contributed by atoms with Gasteiger partial charge < -0.3 is 20.1 Å². The third kappa shape index (κ3) is 3.16. The molecule has 0 unspecified atom stereocenters. The third-order valence-electron chi connectivity index (χ3n) is 6.44. The number of fused-ring (bicyclic) bond motifs is 3. The van der Waals surface area contributed by atoms with Crippen LogP contribution >= 0.6 is 0 Å². The summed E-state index contributed by atoms with van der Waals surface area (Å²) in [5, 5.41) is 32.1. The fraction of sp³-hybridized carbons (Fsp3) is 0.417. The van der Waals surface area contributed by atoms with Crippen molar-refractivity contribution in [2.75, 3.05) is 0 Å². The number of hydrogen-bond donors (Lipinski definition) is 3. The van der Waals surface area contributed by atoms with E-state index >= 15 is 0 Å². The average molecular weight is 410 g/mol. The van der Waals surface area contributed by atoms with Crippen LogP contribution in [0.3, 0.4) is 0 Å². The van der Waals surface area contributed by atoms with Gasteiger partial charge in [-0.1, -0.05) is 31.2 Å². The van der Waals surface area contributed by atoms with Crippen LogP contribution in [0.5, 0.6) is 5.75 Å². The van der Waals surface area contributed by atoms with E-state index in [4.69, 9.17) is 4.74 Å². The van der Waals surface area contributed by atoms with Gasteiger partial charge in [0.15, 0.2) is 11.6 Å². The summed E-state index contributed by atoms with van der Waals surface area (Å²) in [6.07, 6.45) is -1.09. The van der Waals surface area contributed by atoms with Gasteiger partial charge in [0.05, 0.1) is 29.5 Å². The van der Waals surface area contributed by atoms with Gasteiger partial charge in [-0.15, -0.1) is 0 Å². The van der Waals surface area contributed by atoms with Crippen LogP contribution in [0.4, 0.5) is 0 Å². The zero-order valence-electron chi connectivity index (χ0n) is 17.3. The summed E-state index contributed by atoms with van der Waals surface area (Å²) in [5.74, 6) is -0.992. The number of carbonyl (C=O) groups excluding carboxylic acids is 2. The second kappa shape index (κ2) is 7.30. The lowest BCUT2D eigenvalue weighted by Crippen LogP contribution is -2.40. The van der Waals surface area contributed by atoms with Crippen LogP contribution in [0.15, 0.2) is 30.3 Å². The summed E-state index contributed by atoms with van der Waals surface area (Å²) in [5.41, 5.74) is 0.643. The van der Waals surface area contributed by atoms with E-state index in [1.807, 2.05) is 6.92 Å². The highest BCUT2D eigenvalue weighted by Gasteiger charge is 2.43. The first-order valence-electron chi connectivity index (χ1n) is 10.3. The molecule has 2 aliphatic rings. The number of ketones is 2. The molecular weight excluding hydrogens is 384 g/mol. The zero-order chi connectivity index (χ0) is 21.8. The van der Waals surface area contributed by atoms with Gasteiger partial charge in [-0.25, -0.2) is 0 Å². The molecule has 0 fully saturated rings. The molecular formula is C24H26O6. The van der Waals surface area contributed by atoms with E-state index in [2.05, 4.69) is 0 Å². The summed E-state index contributed by atoms with van der Waals surface area (Å²) in [6.45, 7) is 5.18. The Morgan fingerprint density at radius 3 is 2.37 bits per heavy atom. The lowest BCUT2D eigenvalue weighted by molar-refractivity contribution is -0.105. The fourth-order valence-corrected chi connectivity index (χ4v) is 4.44. The maximum absolute atomic E-state index is 13.1. The number of rotatable bonds is 4. The fourth-order valence-electron chi connectivity index (χ4n) is 4.44. The number of aliphatic hydroxyl groups is 2. The lowest BCUT2D eigenvalue weighted by Gasteiger charge is -2.40. The third-order valence-corrected chi connectivity index (χ3v) is 6.44. The number of phenols is 1. The first-order chi connectivity index (χ1) is 14.2. The number of aliphatic hydroxyl groups excluding tert-OH is 1. The molecule has 0 aromatic heterocycles. The Hall–Kier alpha value is -2.54. The van der Waals surface area contributed by atoms with E-state index in [1.165, 1.54) is 0 Å². The quantitative estimate of drug-likeness (QED) is 0.611. The minimum absolute atomic E-state index is 0.0160. The molecule has 0 bridgehead atoms. The van der Waals surface area contributed by atoms with Crippen molar-refractivity contribution in [1.82, 2.24) is 0 Å². The summed E-state index contributed by atoms with van der Waals surface area (Å²) in [7, 11) is 0. The number of ether oxygens (including phenoxy) is 1. The molecule has 0 spiro atoms. The number of phenolic OH excluding ortho intramolecular Hbond substituents is 1. The SMILES string of the molecule is CC[C@]1(O)Cc2cc3c(c(O)c2[C@@H](O[C@@H](C)[C@H](C)O)C1)C(=O)c1ccccc1C3=O. The summed E-state index contributed by atoms with van der Waals surface area (Å²) in [6, 6.07) is 8.18. The van der Waals surface area contributed by atoms with Crippen LogP contribution < -0.4 is 0 Å². The van der Waals surface area contributed by atoms with Gasteiger partial charge in [-0.2, -0.15) is 0 Å². The van der Waals surface area contributed by atoms with Crippen LogP contribution in [-0.2, 0) is 11.2 Å². The van der Waals surface area contributed by atoms with Crippen molar-refractivity contribution in [3.63, 3.8) is 0 Å². The smallest absolute Gasteiger partial charge is 0.198 e. The maximum atomic E-state index is 13.1. The molecule has 0 heterocycles. The molecule has 0 radical (unpaired) electrons. The van der Waals surface area contributed by atoms with Gasteiger partial charge in [0, 0.05) is 35.1 Å². The monoisotopic (exact) mass is 410 g/mol. The number of benzene rings is 2. The van der Waals surface area contributed by atoms with Gasteiger partial charge >= 0.3 is 0 Å². The molecule has 30 heavy (non-hydrogen) atoms. The van der Waals surface area contributed by atoms with Gasteiger partial charge in [-0.05, 0) is 31.9 Å². The molecule has 158 valence electrons. The van der Waals surface area contributed by atoms with Crippen molar-refractivity contribution in [3.05, 3.63) is 63.7 Å². The first-order valence-corrected chi connectivity index (χ1v) is 10.3. The van der Waals surface area contributed by atoms with Crippen LogP contribution in [-0.4, -0.2) is 44.7 Å². The van der Waals surface area contributed by atoms with E-state index in [0.717, 1.165) is 0 Å². The standard InChI is InChI=1S/C24H26O6/c1-4-24(29)10-14-9-17-20(22(27)16-8-6-5-7-15(16)21(17)26)23(28)19(14)18(11-24)30-13(3)12(2)25/h5-9,12-13,18,25,28-29H,4,10-11H2,1-3H3/t12-,13-,18-,24-/m0/s1. The van der Waals surface area contributed by atoms with E-state index in [0.29, 0.717) is 23.1 Å². The molecule has 6 nitrogen and oxygen atoms in total. The van der Waals surface area contributed by atoms with Gasteiger partial charge in [0.2, 0.25) is 0 Å². The van der Waals surface area contributed by atoms with Gasteiger partial charge in [-0.3, -0.25) is 9.59 Å². The highest BCUT2D eigenvalue weighted by atomic mass is 16.5. The van der Waals surface area contributed by atoms with Crippen molar-refractivity contribution < 1.29 is 29.6 Å². The molecule has 0 saturated carbocycles. The topological polar surface area (TPSA) is 104 Å². The molecule has 4 rings (SSSR count). The molecule has 4 atom stereocenters. The molecule has 0 amide bonds. The van der Waals surface area contributed by atoms with E-state index in [9.17, 15) is 24.9 Å². The largest absolute Gasteiger partial charge is 0.507 e. The number of carbonyl (C=O) groups is 2. The Morgan fingerprint density at radius 2 is 1.77 bits per heavy atom. The molecule has 2 aromatic carbocycles. The highest BCUT2D eigenvalue weighted by Crippen LogP contribution is 2.48. The molecule has 2 aliphatic carbocycles. The Bertz CT molecular complexity index is 1040. The minimum atomic E-state index is -1.07. The summed E-state index contributed by atoms with van der Waals surface area (Å²) >= 11 is 0. The van der Waals surface area contributed by atoms with Gasteiger partial charge in [0.25, 0.3) is 0 Å². The molecule has 0 aliphatic heterocycles. The Balaban J connectivity index is 1.90. The van der Waals surface area contributed by atoms with Crippen molar-refractivity contribution in [2.45, 2.75) is 63.9 Å². The van der Waals surface area contributed by atoms with Crippen LogP contribution in [0.2, 0.25) is 0 Å². The first kappa shape index (κ1) is 20.7. The van der Waals surface area contributed by atoms with Crippen LogP contribution in [0.25, 0.3) is 0 Å². The van der Waals surface area contributed by atoms with E-state index < -0.39 is 29.7 Å². The maximum Gasteiger partial charge on any atom is 0.198 e. The normalized spacial score (nSPS) is 24.6. The number of aromatic hydroxyl groups is 1. The Morgan fingerprint density at radius 1 is 1.13 bits per heavy atom. The average Bonchev–Trinajstić information content (AvgIpc) is 2.71. The Kier molecular flexibility index (Phi) is 5.04. The number of hydrogen-bond acceptors (Lipinski definition) is 6. The second-order valence-electron chi connectivity index (χ2n) is 8.45. The predicted molar refractivity (Wildman–Crippen MR) is 110 cm³/mol. The summed E-state index contributed by atoms with van der Waals surface area (Å²) in [4.78, 5) is 26.2. The zero-order valence-corrected chi connectivity index (χ0v) is 17.3. The van der Waals surface area contributed by atoms with Crippen molar-refractivity contribution in [3.8, 4) is 5.75 Å². The van der Waals surface area contributed by atoms with Gasteiger partial charge in [0.1, 0.15) is 5.75 Å². The molecule has 6 heteroatoms. The van der Waals surface area contributed by atoms with Crippen molar-refractivity contribution >= 4 is 11.6 Å². The predicted octanol–water partition coefficient (Wildman–Crippen LogP) is 3.08. The van der Waals surface area contributed by atoms with Crippen molar-refractivity contribution in [2.24, 2.45) is 0 Å². The lowest BCUT2D eigenvalue weighted by atomic mass is 9.73. The van der Waals surface area contributed by atoms with Crippen LogP contribution in [0.1, 0.15) is 82.7 Å². The minimum Gasteiger partial charge on any atom is -0.507 e. The summed E-state index contributed by atoms with van der Waals surface area (Å²) < 4.78 is 6.01. The molecule has 3 N–H and O–H groups in total. The highest BCUT2D eigenvalue weighted by molar-refractivity contribution is 6.29. The van der Waals surface area contributed by atoms with Crippen molar-refractivity contribution in [1.29, 1.82) is 0 Å². The van der Waals surface area contributed by atoms with E-state index in [-0.39, 0.29) is 41.1 Å². The molecule has 0 saturated heterocycles. The van der Waals surface area contributed by atoms with E-state index in [1.54, 1.807) is 44.2 Å². The van der Waals surface area contributed by atoms with Crippen LogP contribution in [0, 0.1) is 0 Å².